The molecule has 0 N–H and O–H groups in total. The van der Waals surface area contributed by atoms with E-state index in [4.69, 9.17) is 0 Å². The number of hydrogen-bond donors (Lipinski definition) is 0. The molecule has 0 saturated carbocycles. The molecule has 96 valence electrons. The van der Waals surface area contributed by atoms with Gasteiger partial charge in [-0.05, 0) is 22.0 Å². The van der Waals surface area contributed by atoms with Gasteiger partial charge in [0.05, 0.1) is 11.1 Å². The van der Waals surface area contributed by atoms with Crippen molar-refractivity contribution in [1.82, 2.24) is 14.1 Å². The van der Waals surface area contributed by atoms with Crippen molar-refractivity contribution in [2.24, 2.45) is 14.1 Å². The van der Waals surface area contributed by atoms with Crippen molar-refractivity contribution < 1.29 is 0 Å². The summed E-state index contributed by atoms with van der Waals surface area (Å²) in [5.41, 5.74) is 1.14. The Kier molecular flexibility index (Phi) is 2.56. The maximum absolute atomic E-state index is 12.3. The van der Waals surface area contributed by atoms with Gasteiger partial charge >= 0.3 is 5.69 Å². The third-order valence-electron chi connectivity index (χ3n) is 3.22. The molecule has 1 aromatic heterocycles. The second-order valence-electron chi connectivity index (χ2n) is 4.34. The van der Waals surface area contributed by atoms with Crippen LogP contribution in [-0.4, -0.2) is 14.1 Å². The van der Waals surface area contributed by atoms with E-state index in [1.165, 1.54) is 11.6 Å². The molecule has 0 spiro atoms. The molecule has 1 aliphatic carbocycles. The number of rotatable bonds is 0. The first-order valence-corrected chi connectivity index (χ1v) is 6.45. The lowest BCUT2D eigenvalue weighted by Crippen LogP contribution is -2.36. The van der Waals surface area contributed by atoms with Crippen LogP contribution in [0.2, 0.25) is 0 Å². The molecule has 5 nitrogen and oxygen atoms in total. The Hall–Kier alpha value is -1.95. The van der Waals surface area contributed by atoms with Gasteiger partial charge in [0.1, 0.15) is 0 Å². The minimum Gasteiger partial charge on any atom is -0.280 e. The number of aryl methyl sites for hydroxylation is 1. The monoisotopic (exact) mass is 319 g/mol. The fraction of sp³-hybridized carbons (Fsp3) is 0.154. The summed E-state index contributed by atoms with van der Waals surface area (Å²) in [7, 11) is 3.09. The summed E-state index contributed by atoms with van der Waals surface area (Å²) in [5, 5.41) is 0.469. The molecule has 2 aliphatic rings. The molecule has 0 atom stereocenters. The molecule has 2 heterocycles. The fourth-order valence-corrected chi connectivity index (χ4v) is 2.65. The van der Waals surface area contributed by atoms with Crippen LogP contribution in [0.1, 0.15) is 0 Å². The normalized spacial score (nSPS) is 11.3. The first-order chi connectivity index (χ1) is 9.02. The molecule has 1 aromatic rings. The molecule has 1 aliphatic heterocycles. The second kappa shape index (κ2) is 4.03. The summed E-state index contributed by atoms with van der Waals surface area (Å²) in [5.74, 6) is 0. The fourth-order valence-electron chi connectivity index (χ4n) is 2.20. The van der Waals surface area contributed by atoms with E-state index in [-0.39, 0.29) is 11.2 Å². The maximum atomic E-state index is 12.3. The van der Waals surface area contributed by atoms with Crippen LogP contribution in [0.3, 0.4) is 0 Å². The van der Waals surface area contributed by atoms with Gasteiger partial charge in [0.25, 0.3) is 5.56 Å². The highest BCUT2D eigenvalue weighted by Crippen LogP contribution is 2.32. The Bertz CT molecular complexity index is 895. The summed E-state index contributed by atoms with van der Waals surface area (Å²) in [6.45, 7) is 0. The predicted molar refractivity (Wildman–Crippen MR) is 76.5 cm³/mol. The van der Waals surface area contributed by atoms with Crippen LogP contribution >= 0.6 is 15.9 Å². The van der Waals surface area contributed by atoms with Gasteiger partial charge in [-0.2, -0.15) is 0 Å². The number of hydrogen-bond acceptors (Lipinski definition) is 3. The van der Waals surface area contributed by atoms with Crippen molar-refractivity contribution in [3.8, 4) is 11.3 Å². The number of nitrogens with zero attached hydrogens (tertiary/aromatic N) is 3. The van der Waals surface area contributed by atoms with Gasteiger partial charge in [-0.25, -0.2) is 9.78 Å². The molecule has 0 saturated heterocycles. The van der Waals surface area contributed by atoms with E-state index in [1.807, 2.05) is 24.3 Å². The molecular formula is C13H10BrN3O2. The van der Waals surface area contributed by atoms with Crippen LogP contribution in [-0.2, 0) is 14.1 Å². The van der Waals surface area contributed by atoms with Crippen LogP contribution in [0.25, 0.3) is 22.3 Å². The largest absolute Gasteiger partial charge is 0.332 e. The average Bonchev–Trinajstić information content (AvgIpc) is 2.69. The number of aromatic nitrogens is 3. The van der Waals surface area contributed by atoms with Crippen LogP contribution in [0.4, 0.5) is 0 Å². The van der Waals surface area contributed by atoms with E-state index in [9.17, 15) is 9.59 Å². The Morgan fingerprint density at radius 2 is 1.79 bits per heavy atom. The molecule has 19 heavy (non-hydrogen) atoms. The van der Waals surface area contributed by atoms with Crippen LogP contribution in [0.5, 0.6) is 0 Å². The Morgan fingerprint density at radius 1 is 1.11 bits per heavy atom. The lowest BCUT2D eigenvalue weighted by atomic mass is 10.2. The lowest BCUT2D eigenvalue weighted by molar-refractivity contribution is 0.710. The van der Waals surface area contributed by atoms with E-state index in [2.05, 4.69) is 20.9 Å². The summed E-state index contributed by atoms with van der Waals surface area (Å²) in [6, 6.07) is 7.40. The van der Waals surface area contributed by atoms with Crippen molar-refractivity contribution >= 4 is 27.0 Å². The summed E-state index contributed by atoms with van der Waals surface area (Å²) in [6.07, 6.45) is 0. The Labute approximate surface area is 116 Å². The SMILES string of the molecule is Cn1c(=O)c2c3ccccc(Br)c-3nc2n(C)c1=O. The van der Waals surface area contributed by atoms with Gasteiger partial charge < -0.3 is 0 Å². The molecule has 0 unspecified atom stereocenters. The van der Waals surface area contributed by atoms with Crippen molar-refractivity contribution in [3.05, 3.63) is 49.6 Å². The first kappa shape index (κ1) is 12.1. The van der Waals surface area contributed by atoms with Gasteiger partial charge in [0.15, 0.2) is 5.65 Å². The number of halogens is 1. The topological polar surface area (TPSA) is 56.9 Å². The van der Waals surface area contributed by atoms with Crippen LogP contribution in [0.15, 0.2) is 38.3 Å². The zero-order valence-corrected chi connectivity index (χ0v) is 11.9. The van der Waals surface area contributed by atoms with Gasteiger partial charge in [0.2, 0.25) is 0 Å². The molecule has 3 rings (SSSR count). The van der Waals surface area contributed by atoms with Crippen molar-refractivity contribution in [1.29, 1.82) is 0 Å². The number of fused-ring (bicyclic) bond motifs is 3. The van der Waals surface area contributed by atoms with Crippen molar-refractivity contribution in [2.45, 2.75) is 0 Å². The van der Waals surface area contributed by atoms with Crippen molar-refractivity contribution in [3.63, 3.8) is 0 Å². The third-order valence-corrected chi connectivity index (χ3v) is 3.86. The Morgan fingerprint density at radius 3 is 2.53 bits per heavy atom. The summed E-state index contributed by atoms with van der Waals surface area (Å²) in [4.78, 5) is 28.6. The highest BCUT2D eigenvalue weighted by Gasteiger charge is 2.20. The molecule has 0 fully saturated rings. The zero-order valence-electron chi connectivity index (χ0n) is 10.3. The maximum Gasteiger partial charge on any atom is 0.332 e. The average molecular weight is 320 g/mol. The van der Waals surface area contributed by atoms with E-state index in [1.54, 1.807) is 7.05 Å². The molecule has 0 aromatic carbocycles. The standard InChI is InChI=1S/C13H10BrN3O2/c1-16-11-9(12(18)17(2)13(16)19)7-5-3-4-6-8(14)10(7)15-11/h3-6H,1-2H3. The van der Waals surface area contributed by atoms with Gasteiger partial charge in [-0.1, -0.05) is 18.2 Å². The zero-order chi connectivity index (χ0) is 13.7. The van der Waals surface area contributed by atoms with Crippen molar-refractivity contribution in [2.75, 3.05) is 0 Å². The van der Waals surface area contributed by atoms with Crippen LogP contribution < -0.4 is 11.2 Å². The summed E-state index contributed by atoms with van der Waals surface area (Å²) < 4.78 is 3.28. The smallest absolute Gasteiger partial charge is 0.280 e. The minimum absolute atomic E-state index is 0.321. The van der Waals surface area contributed by atoms with Crippen LogP contribution in [0, 0.1) is 0 Å². The van der Waals surface area contributed by atoms with E-state index in [0.717, 1.165) is 14.6 Å². The quantitative estimate of drug-likeness (QED) is 0.631. The van der Waals surface area contributed by atoms with Gasteiger partial charge in [-0.15, -0.1) is 0 Å². The molecule has 6 heteroatoms. The molecular weight excluding hydrogens is 310 g/mol. The molecule has 0 bridgehead atoms. The Balaban J connectivity index is 2.70. The first-order valence-electron chi connectivity index (χ1n) is 5.66. The van der Waals surface area contributed by atoms with E-state index in [0.29, 0.717) is 16.7 Å². The summed E-state index contributed by atoms with van der Waals surface area (Å²) >= 11 is 3.43. The highest BCUT2D eigenvalue weighted by molar-refractivity contribution is 9.10. The highest BCUT2D eigenvalue weighted by atomic mass is 79.9. The minimum atomic E-state index is -0.374. The van der Waals surface area contributed by atoms with Gasteiger partial charge in [-0.3, -0.25) is 13.9 Å². The lowest BCUT2D eigenvalue weighted by Gasteiger charge is -2.02. The predicted octanol–water partition coefficient (Wildman–Crippen LogP) is 1.50. The second-order valence-corrected chi connectivity index (χ2v) is 5.20. The molecule has 0 amide bonds. The van der Waals surface area contributed by atoms with E-state index < -0.39 is 0 Å². The van der Waals surface area contributed by atoms with Gasteiger partial charge in [0, 0.05) is 24.1 Å². The third kappa shape index (κ3) is 1.56. The van der Waals surface area contributed by atoms with E-state index >= 15 is 0 Å². The molecule has 0 radical (unpaired) electrons.